The van der Waals surface area contributed by atoms with E-state index in [1.165, 1.54) is 11.1 Å². The summed E-state index contributed by atoms with van der Waals surface area (Å²) in [4.78, 5) is 2.45. The summed E-state index contributed by atoms with van der Waals surface area (Å²) in [5.41, 5.74) is 8.30. The Balaban J connectivity index is 0.00000121. The predicted molar refractivity (Wildman–Crippen MR) is 81.6 cm³/mol. The first kappa shape index (κ1) is 16.5. The van der Waals surface area contributed by atoms with Crippen LogP contribution < -0.4 is 5.73 Å². The summed E-state index contributed by atoms with van der Waals surface area (Å²) in [6.45, 7) is 13.8. The molecule has 1 aliphatic heterocycles. The van der Waals surface area contributed by atoms with Gasteiger partial charge >= 0.3 is 0 Å². The second-order valence-electron chi connectivity index (χ2n) is 4.28. The maximum Gasteiger partial charge on any atom is 0.0236 e. The van der Waals surface area contributed by atoms with Crippen molar-refractivity contribution in [3.05, 3.63) is 36.5 Å². The van der Waals surface area contributed by atoms with Crippen LogP contribution in [0.4, 0.5) is 0 Å². The smallest absolute Gasteiger partial charge is 0.0236 e. The van der Waals surface area contributed by atoms with Crippen molar-refractivity contribution in [2.45, 2.75) is 13.3 Å². The second kappa shape index (κ2) is 9.51. The van der Waals surface area contributed by atoms with Crippen LogP contribution in [0.5, 0.6) is 0 Å². The van der Waals surface area contributed by atoms with Gasteiger partial charge in [0.15, 0.2) is 0 Å². The van der Waals surface area contributed by atoms with Gasteiger partial charge in [0.05, 0.1) is 0 Å². The van der Waals surface area contributed by atoms with E-state index >= 15 is 0 Å². The quantitative estimate of drug-likeness (QED) is 0.738. The number of nitrogens with zero attached hydrogens (tertiary/aromatic N) is 1. The molecule has 0 aromatic rings. The third kappa shape index (κ3) is 5.57. The number of nitrogens with two attached hydrogens (primary N) is 1. The maximum atomic E-state index is 5.63. The van der Waals surface area contributed by atoms with Gasteiger partial charge in [-0.25, -0.2) is 0 Å². The van der Waals surface area contributed by atoms with Gasteiger partial charge in [-0.1, -0.05) is 32.2 Å². The van der Waals surface area contributed by atoms with Crippen LogP contribution in [0.2, 0.25) is 0 Å². The first-order valence-electron chi connectivity index (χ1n) is 6.05. The van der Waals surface area contributed by atoms with Crippen molar-refractivity contribution < 1.29 is 0 Å². The van der Waals surface area contributed by atoms with Gasteiger partial charge in [0.1, 0.15) is 0 Å². The zero-order chi connectivity index (χ0) is 13.3. The summed E-state index contributed by atoms with van der Waals surface area (Å²) in [5, 5.41) is 0. The first-order valence-corrected chi connectivity index (χ1v) is 6.94. The minimum atomic E-state index is 0.571. The van der Waals surface area contributed by atoms with Gasteiger partial charge in [-0.15, -0.1) is 0 Å². The SMILES string of the molecule is C=CC1=C(C=C)CN(CC(C)CN)CC1.CS. The van der Waals surface area contributed by atoms with Crippen molar-refractivity contribution in [1.29, 1.82) is 0 Å². The Morgan fingerprint density at radius 2 is 1.94 bits per heavy atom. The molecule has 0 radical (unpaired) electrons. The van der Waals surface area contributed by atoms with Crippen molar-refractivity contribution in [2.24, 2.45) is 11.7 Å². The van der Waals surface area contributed by atoms with E-state index in [1.54, 1.807) is 6.26 Å². The zero-order valence-electron chi connectivity index (χ0n) is 11.2. The molecule has 0 amide bonds. The van der Waals surface area contributed by atoms with Crippen LogP contribution in [0.25, 0.3) is 0 Å². The fourth-order valence-corrected chi connectivity index (χ4v) is 1.96. The molecule has 0 saturated heterocycles. The van der Waals surface area contributed by atoms with Gasteiger partial charge < -0.3 is 5.73 Å². The van der Waals surface area contributed by atoms with Crippen molar-refractivity contribution in [3.8, 4) is 0 Å². The van der Waals surface area contributed by atoms with Crippen LogP contribution in [0.15, 0.2) is 36.5 Å². The lowest BCUT2D eigenvalue weighted by Gasteiger charge is -2.30. The van der Waals surface area contributed by atoms with Crippen LogP contribution in [-0.4, -0.2) is 37.3 Å². The van der Waals surface area contributed by atoms with Crippen molar-refractivity contribution in [1.82, 2.24) is 4.90 Å². The molecule has 0 bridgehead atoms. The van der Waals surface area contributed by atoms with Crippen molar-refractivity contribution >= 4 is 12.6 Å². The number of hydrogen-bond donors (Lipinski definition) is 2. The van der Waals surface area contributed by atoms with Crippen molar-refractivity contribution in [2.75, 3.05) is 32.4 Å². The van der Waals surface area contributed by atoms with Crippen LogP contribution >= 0.6 is 12.6 Å². The molecule has 0 aromatic heterocycles. The fourth-order valence-electron chi connectivity index (χ4n) is 1.96. The molecule has 0 fully saturated rings. The maximum absolute atomic E-state index is 5.63. The number of rotatable bonds is 5. The van der Waals surface area contributed by atoms with Gasteiger partial charge in [-0.05, 0) is 36.3 Å². The summed E-state index contributed by atoms with van der Waals surface area (Å²) in [7, 11) is 0. The van der Waals surface area contributed by atoms with Gasteiger partial charge in [0.25, 0.3) is 0 Å². The highest BCUT2D eigenvalue weighted by atomic mass is 32.1. The Kier molecular flexibility index (Phi) is 9.23. The van der Waals surface area contributed by atoms with Crippen LogP contribution in [0, 0.1) is 5.92 Å². The molecule has 1 rings (SSSR count). The van der Waals surface area contributed by atoms with E-state index in [0.29, 0.717) is 5.92 Å². The average Bonchev–Trinajstić information content (AvgIpc) is 2.40. The third-order valence-corrected chi connectivity index (χ3v) is 2.97. The Labute approximate surface area is 112 Å². The van der Waals surface area contributed by atoms with Gasteiger partial charge in [0.2, 0.25) is 0 Å². The topological polar surface area (TPSA) is 29.3 Å². The van der Waals surface area contributed by atoms with E-state index in [0.717, 1.165) is 32.6 Å². The normalized spacial score (nSPS) is 18.1. The highest BCUT2D eigenvalue weighted by Crippen LogP contribution is 2.20. The number of allylic oxidation sites excluding steroid dienone is 1. The highest BCUT2D eigenvalue weighted by molar-refractivity contribution is 7.79. The Morgan fingerprint density at radius 3 is 2.41 bits per heavy atom. The molecule has 17 heavy (non-hydrogen) atoms. The lowest BCUT2D eigenvalue weighted by molar-refractivity contribution is 0.253. The molecule has 2 nitrogen and oxygen atoms in total. The molecular formula is C14H26N2S. The van der Waals surface area contributed by atoms with E-state index < -0.39 is 0 Å². The minimum absolute atomic E-state index is 0.571. The molecule has 0 aromatic carbocycles. The molecule has 1 heterocycles. The van der Waals surface area contributed by atoms with E-state index in [9.17, 15) is 0 Å². The average molecular weight is 254 g/mol. The zero-order valence-corrected chi connectivity index (χ0v) is 12.0. The number of thiol groups is 1. The fraction of sp³-hybridized carbons (Fsp3) is 0.571. The summed E-state index contributed by atoms with van der Waals surface area (Å²) >= 11 is 3.53. The molecule has 3 heteroatoms. The molecule has 2 N–H and O–H groups in total. The summed E-state index contributed by atoms with van der Waals surface area (Å²) in [5.74, 6) is 0.571. The van der Waals surface area contributed by atoms with E-state index in [4.69, 9.17) is 5.73 Å². The highest BCUT2D eigenvalue weighted by Gasteiger charge is 2.16. The van der Waals surface area contributed by atoms with E-state index in [2.05, 4.69) is 37.6 Å². The lowest BCUT2D eigenvalue weighted by Crippen LogP contribution is -2.36. The Bertz CT molecular complexity index is 271. The van der Waals surface area contributed by atoms with Gasteiger partial charge in [0, 0.05) is 19.6 Å². The molecular weight excluding hydrogens is 228 g/mol. The summed E-state index contributed by atoms with van der Waals surface area (Å²) in [6.07, 6.45) is 6.69. The van der Waals surface area contributed by atoms with Gasteiger partial charge in [-0.2, -0.15) is 12.6 Å². The van der Waals surface area contributed by atoms with Crippen LogP contribution in [0.3, 0.4) is 0 Å². The molecule has 0 aliphatic carbocycles. The molecule has 0 saturated carbocycles. The molecule has 1 atom stereocenters. The second-order valence-corrected chi connectivity index (χ2v) is 4.28. The van der Waals surface area contributed by atoms with Gasteiger partial charge in [-0.3, -0.25) is 4.90 Å². The lowest BCUT2D eigenvalue weighted by atomic mass is 9.99. The van der Waals surface area contributed by atoms with Crippen molar-refractivity contribution in [3.63, 3.8) is 0 Å². The first-order chi connectivity index (χ1) is 8.21. The standard InChI is InChI=1S/C13H22N2.CH4S/c1-4-12-6-7-15(9-11(3)8-14)10-13(12)5-2;1-2/h4-5,11H,1-2,6-10,14H2,3H3;2H,1H3. The molecule has 98 valence electrons. The largest absolute Gasteiger partial charge is 0.330 e. The summed E-state index contributed by atoms with van der Waals surface area (Å²) < 4.78 is 0. The van der Waals surface area contributed by atoms with Crippen LogP contribution in [-0.2, 0) is 0 Å². The van der Waals surface area contributed by atoms with Crippen LogP contribution in [0.1, 0.15) is 13.3 Å². The molecule has 1 aliphatic rings. The number of hydrogen-bond acceptors (Lipinski definition) is 3. The Morgan fingerprint density at radius 1 is 1.35 bits per heavy atom. The molecule has 0 spiro atoms. The summed E-state index contributed by atoms with van der Waals surface area (Å²) in [6, 6.07) is 0. The predicted octanol–water partition coefficient (Wildman–Crippen LogP) is 2.50. The molecule has 1 unspecified atom stereocenters. The third-order valence-electron chi connectivity index (χ3n) is 2.97. The van der Waals surface area contributed by atoms with E-state index in [1.807, 2.05) is 12.2 Å². The van der Waals surface area contributed by atoms with E-state index in [-0.39, 0.29) is 0 Å². The Hall–Kier alpha value is -0.510. The monoisotopic (exact) mass is 254 g/mol. The minimum Gasteiger partial charge on any atom is -0.330 e.